The van der Waals surface area contributed by atoms with E-state index < -0.39 is 15.3 Å². The van der Waals surface area contributed by atoms with Crippen LogP contribution in [0, 0.1) is 22.7 Å². The minimum Gasteiger partial charge on any atom is -0.281 e. The fraction of sp³-hybridized carbons (Fsp3) is 0.200. The lowest BCUT2D eigenvalue weighted by Crippen LogP contribution is -2.23. The van der Waals surface area contributed by atoms with Gasteiger partial charge >= 0.3 is 0 Å². The summed E-state index contributed by atoms with van der Waals surface area (Å²) in [6.07, 6.45) is 0. The molecule has 1 rings (SSSR count). The average molecular weight is 314 g/mol. The third kappa shape index (κ3) is 3.19. The van der Waals surface area contributed by atoms with Crippen molar-refractivity contribution in [2.75, 3.05) is 4.72 Å². The highest BCUT2D eigenvalue weighted by molar-refractivity contribution is 9.10. The molecule has 0 bridgehead atoms. The molecule has 0 amide bonds. The molecule has 7 heteroatoms. The molecule has 1 N–H and O–H groups in total. The number of nitrogens with one attached hydrogen (secondary N) is 1. The summed E-state index contributed by atoms with van der Waals surface area (Å²) in [6, 6.07) is 8.02. The fourth-order valence-corrected chi connectivity index (χ4v) is 2.39. The Labute approximate surface area is 108 Å². The van der Waals surface area contributed by atoms with Gasteiger partial charge in [-0.3, -0.25) is 4.72 Å². The second-order valence-corrected chi connectivity index (χ2v) is 6.08. The molecule has 5 nitrogen and oxygen atoms in total. The Hall–Kier alpha value is -1.57. The number of hydrogen-bond donors (Lipinski definition) is 1. The number of halogens is 1. The Kier molecular flexibility index (Phi) is 4.11. The third-order valence-electron chi connectivity index (χ3n) is 2.00. The van der Waals surface area contributed by atoms with Crippen molar-refractivity contribution in [3.63, 3.8) is 0 Å². The molecule has 0 saturated carbocycles. The molecular formula is C10H8BrN3O2S. The maximum atomic E-state index is 11.6. The molecule has 0 aliphatic rings. The molecule has 1 atom stereocenters. The van der Waals surface area contributed by atoms with Gasteiger partial charge in [-0.25, -0.2) is 8.42 Å². The van der Waals surface area contributed by atoms with Crippen LogP contribution >= 0.6 is 15.9 Å². The molecule has 1 aromatic carbocycles. The summed E-state index contributed by atoms with van der Waals surface area (Å²) in [5, 5.41) is 16.1. The highest BCUT2D eigenvalue weighted by Crippen LogP contribution is 2.25. The van der Waals surface area contributed by atoms with Gasteiger partial charge in [-0.2, -0.15) is 10.5 Å². The van der Waals surface area contributed by atoms with Crippen LogP contribution in [0.15, 0.2) is 22.7 Å². The molecule has 0 heterocycles. The van der Waals surface area contributed by atoms with Crippen LogP contribution in [-0.4, -0.2) is 13.7 Å². The minimum atomic E-state index is -3.73. The van der Waals surface area contributed by atoms with Crippen molar-refractivity contribution in [1.82, 2.24) is 0 Å². The normalized spacial score (nSPS) is 12.2. The lowest BCUT2D eigenvalue weighted by atomic mass is 10.2. The quantitative estimate of drug-likeness (QED) is 0.923. The molecule has 0 saturated heterocycles. The molecular weight excluding hydrogens is 306 g/mol. The first-order valence-electron chi connectivity index (χ1n) is 4.51. The molecule has 88 valence electrons. The Balaban J connectivity index is 3.07. The van der Waals surface area contributed by atoms with Crippen LogP contribution in [0.25, 0.3) is 0 Å². The minimum absolute atomic E-state index is 0.297. The van der Waals surface area contributed by atoms with Gasteiger partial charge in [0.1, 0.15) is 0 Å². The summed E-state index contributed by atoms with van der Waals surface area (Å²) >= 11 is 3.15. The largest absolute Gasteiger partial charge is 0.281 e. The maximum absolute atomic E-state index is 11.6. The van der Waals surface area contributed by atoms with E-state index in [4.69, 9.17) is 10.5 Å². The van der Waals surface area contributed by atoms with Crippen molar-refractivity contribution in [3.8, 4) is 12.1 Å². The molecule has 0 fully saturated rings. The predicted molar refractivity (Wildman–Crippen MR) is 66.5 cm³/mol. The molecule has 0 aliphatic carbocycles. The summed E-state index contributed by atoms with van der Waals surface area (Å²) in [5.74, 6) is 0. The lowest BCUT2D eigenvalue weighted by Gasteiger charge is -2.10. The van der Waals surface area contributed by atoms with Crippen LogP contribution in [0.3, 0.4) is 0 Å². The number of nitrogens with zero attached hydrogens (tertiary/aromatic N) is 2. The van der Waals surface area contributed by atoms with Crippen LogP contribution < -0.4 is 4.72 Å². The van der Waals surface area contributed by atoms with E-state index in [1.807, 2.05) is 6.07 Å². The maximum Gasteiger partial charge on any atom is 0.248 e. The van der Waals surface area contributed by atoms with E-state index in [-0.39, 0.29) is 0 Å². The van der Waals surface area contributed by atoms with Crippen LogP contribution in [0.2, 0.25) is 0 Å². The van der Waals surface area contributed by atoms with Gasteiger partial charge in [0.05, 0.1) is 23.4 Å². The van der Waals surface area contributed by atoms with Gasteiger partial charge in [0.15, 0.2) is 5.25 Å². The first kappa shape index (κ1) is 13.5. The van der Waals surface area contributed by atoms with Crippen LogP contribution in [0.5, 0.6) is 0 Å². The van der Waals surface area contributed by atoms with Gasteiger partial charge in [0, 0.05) is 4.47 Å². The summed E-state index contributed by atoms with van der Waals surface area (Å²) in [6.45, 7) is 1.29. The molecule has 0 aromatic heterocycles. The summed E-state index contributed by atoms with van der Waals surface area (Å²) in [4.78, 5) is 0. The van der Waals surface area contributed by atoms with E-state index in [2.05, 4.69) is 20.7 Å². The van der Waals surface area contributed by atoms with Gasteiger partial charge in [0.25, 0.3) is 0 Å². The molecule has 0 radical (unpaired) electrons. The van der Waals surface area contributed by atoms with Crippen molar-refractivity contribution < 1.29 is 8.42 Å². The second-order valence-electron chi connectivity index (χ2n) is 3.22. The smallest absolute Gasteiger partial charge is 0.248 e. The van der Waals surface area contributed by atoms with Crippen LogP contribution in [0.1, 0.15) is 12.5 Å². The first-order valence-corrected chi connectivity index (χ1v) is 6.85. The van der Waals surface area contributed by atoms with E-state index in [9.17, 15) is 8.42 Å². The molecule has 1 aromatic rings. The first-order chi connectivity index (χ1) is 7.90. The van der Waals surface area contributed by atoms with Crippen molar-refractivity contribution in [2.24, 2.45) is 0 Å². The van der Waals surface area contributed by atoms with Gasteiger partial charge in [-0.15, -0.1) is 0 Å². The van der Waals surface area contributed by atoms with E-state index >= 15 is 0 Å². The molecule has 17 heavy (non-hydrogen) atoms. The van der Waals surface area contributed by atoms with Crippen LogP contribution in [-0.2, 0) is 10.0 Å². The highest BCUT2D eigenvalue weighted by atomic mass is 79.9. The number of rotatable bonds is 3. The van der Waals surface area contributed by atoms with Crippen molar-refractivity contribution in [1.29, 1.82) is 10.5 Å². The number of nitriles is 2. The number of anilines is 1. The summed E-state index contributed by atoms with van der Waals surface area (Å²) in [5.41, 5.74) is 0.708. The fourth-order valence-electron chi connectivity index (χ4n) is 0.978. The van der Waals surface area contributed by atoms with Gasteiger partial charge in [-0.05, 0) is 41.1 Å². The lowest BCUT2D eigenvalue weighted by molar-refractivity contribution is 0.597. The van der Waals surface area contributed by atoms with Crippen LogP contribution in [0.4, 0.5) is 5.69 Å². The Morgan fingerprint density at radius 2 is 2.06 bits per heavy atom. The van der Waals surface area contributed by atoms with E-state index in [1.165, 1.54) is 25.1 Å². The second kappa shape index (κ2) is 5.17. The Bertz CT molecular complexity index is 613. The van der Waals surface area contributed by atoms with Gasteiger partial charge in [-0.1, -0.05) is 0 Å². The van der Waals surface area contributed by atoms with E-state index in [0.29, 0.717) is 15.7 Å². The van der Waals surface area contributed by atoms with E-state index in [0.717, 1.165) is 0 Å². The average Bonchev–Trinajstić information content (AvgIpc) is 2.30. The van der Waals surface area contributed by atoms with Crippen molar-refractivity contribution in [3.05, 3.63) is 28.2 Å². The predicted octanol–water partition coefficient (Wildman–Crippen LogP) is 1.97. The monoisotopic (exact) mass is 313 g/mol. The van der Waals surface area contributed by atoms with E-state index in [1.54, 1.807) is 6.07 Å². The SMILES string of the molecule is CC(C#N)S(=O)(=O)Nc1ccc(C#N)cc1Br. The standard InChI is InChI=1S/C10H8BrN3O2S/c1-7(5-12)17(15,16)14-10-3-2-8(6-13)4-9(10)11/h2-4,7,14H,1H3. The topological polar surface area (TPSA) is 93.8 Å². The third-order valence-corrected chi connectivity index (χ3v) is 4.19. The molecule has 1 unspecified atom stereocenters. The highest BCUT2D eigenvalue weighted by Gasteiger charge is 2.20. The Morgan fingerprint density at radius 1 is 1.41 bits per heavy atom. The molecule has 0 spiro atoms. The number of hydrogen-bond acceptors (Lipinski definition) is 4. The number of benzene rings is 1. The zero-order chi connectivity index (χ0) is 13.1. The molecule has 0 aliphatic heterocycles. The summed E-state index contributed by atoms with van der Waals surface area (Å²) in [7, 11) is -3.73. The van der Waals surface area contributed by atoms with Gasteiger partial charge < -0.3 is 0 Å². The van der Waals surface area contributed by atoms with Crippen molar-refractivity contribution >= 4 is 31.6 Å². The van der Waals surface area contributed by atoms with Crippen molar-refractivity contribution in [2.45, 2.75) is 12.2 Å². The zero-order valence-corrected chi connectivity index (χ0v) is 11.2. The number of sulfonamides is 1. The van der Waals surface area contributed by atoms with Gasteiger partial charge in [0.2, 0.25) is 10.0 Å². The zero-order valence-electron chi connectivity index (χ0n) is 8.81. The summed E-state index contributed by atoms with van der Waals surface area (Å²) < 4.78 is 26.0. The Morgan fingerprint density at radius 3 is 2.53 bits per heavy atom.